The van der Waals surface area contributed by atoms with Crippen LogP contribution in [0.2, 0.25) is 0 Å². The number of aryl methyl sites for hydroxylation is 1. The molecule has 0 fully saturated rings. The average Bonchev–Trinajstić information content (AvgIpc) is 2.72. The SMILES string of the molecule is O=C(O)CCCc1nnc(CCOCC(F)F)o1. The first-order valence-corrected chi connectivity index (χ1v) is 5.47. The molecule has 0 unspecified atom stereocenters. The lowest BCUT2D eigenvalue weighted by molar-refractivity contribution is -0.137. The summed E-state index contributed by atoms with van der Waals surface area (Å²) in [5.74, 6) is -0.232. The second kappa shape index (κ2) is 7.70. The minimum atomic E-state index is -2.49. The van der Waals surface area contributed by atoms with Gasteiger partial charge in [0.15, 0.2) is 0 Å². The van der Waals surface area contributed by atoms with Gasteiger partial charge in [0.25, 0.3) is 6.43 Å². The average molecular weight is 264 g/mol. The maximum Gasteiger partial charge on any atom is 0.303 e. The van der Waals surface area contributed by atoms with Gasteiger partial charge in [-0.1, -0.05) is 0 Å². The molecule has 102 valence electrons. The summed E-state index contributed by atoms with van der Waals surface area (Å²) in [7, 11) is 0. The molecule has 0 radical (unpaired) electrons. The summed E-state index contributed by atoms with van der Waals surface area (Å²) in [5, 5.41) is 15.9. The molecule has 0 bridgehead atoms. The van der Waals surface area contributed by atoms with Gasteiger partial charge >= 0.3 is 5.97 Å². The molecule has 1 aromatic rings. The van der Waals surface area contributed by atoms with Crippen LogP contribution in [0.5, 0.6) is 0 Å². The summed E-state index contributed by atoms with van der Waals surface area (Å²) >= 11 is 0. The Hall–Kier alpha value is -1.57. The topological polar surface area (TPSA) is 85.5 Å². The fourth-order valence-corrected chi connectivity index (χ4v) is 1.21. The van der Waals surface area contributed by atoms with Crippen LogP contribution in [0.1, 0.15) is 24.6 Å². The van der Waals surface area contributed by atoms with Crippen LogP contribution in [0.25, 0.3) is 0 Å². The second-order valence-electron chi connectivity index (χ2n) is 3.55. The number of hydrogen-bond acceptors (Lipinski definition) is 5. The minimum absolute atomic E-state index is 0.0369. The summed E-state index contributed by atoms with van der Waals surface area (Å²) in [4.78, 5) is 10.3. The van der Waals surface area contributed by atoms with Gasteiger partial charge in [-0.05, 0) is 6.42 Å². The normalized spacial score (nSPS) is 11.1. The van der Waals surface area contributed by atoms with Gasteiger partial charge in [-0.15, -0.1) is 10.2 Å². The van der Waals surface area contributed by atoms with Gasteiger partial charge in [0.2, 0.25) is 11.8 Å². The Morgan fingerprint density at radius 3 is 2.61 bits per heavy atom. The number of aromatic nitrogens is 2. The van der Waals surface area contributed by atoms with Crippen molar-refractivity contribution in [3.63, 3.8) is 0 Å². The largest absolute Gasteiger partial charge is 0.481 e. The van der Waals surface area contributed by atoms with Crippen molar-refractivity contribution in [3.8, 4) is 0 Å². The number of ether oxygens (including phenoxy) is 1. The van der Waals surface area contributed by atoms with E-state index >= 15 is 0 Å². The highest BCUT2D eigenvalue weighted by atomic mass is 19.3. The van der Waals surface area contributed by atoms with E-state index in [2.05, 4.69) is 14.9 Å². The summed E-state index contributed by atoms with van der Waals surface area (Å²) < 4.78 is 33.3. The zero-order valence-electron chi connectivity index (χ0n) is 9.64. The van der Waals surface area contributed by atoms with Crippen LogP contribution in [0.3, 0.4) is 0 Å². The molecule has 0 aliphatic heterocycles. The molecule has 0 amide bonds. The molecule has 1 rings (SSSR count). The number of aliphatic carboxylic acids is 1. The number of halogens is 2. The van der Waals surface area contributed by atoms with Crippen LogP contribution in [0, 0.1) is 0 Å². The molecule has 1 heterocycles. The van der Waals surface area contributed by atoms with Crippen LogP contribution in [0.15, 0.2) is 4.42 Å². The number of carboxylic acid groups (broad SMARTS) is 1. The number of rotatable bonds is 9. The molecule has 0 aliphatic carbocycles. The van der Waals surface area contributed by atoms with E-state index in [9.17, 15) is 13.6 Å². The van der Waals surface area contributed by atoms with Crippen molar-refractivity contribution in [1.29, 1.82) is 0 Å². The molecule has 0 aromatic carbocycles. The lowest BCUT2D eigenvalue weighted by Gasteiger charge is -1.99. The van der Waals surface area contributed by atoms with E-state index in [-0.39, 0.29) is 19.4 Å². The maximum atomic E-state index is 11.7. The number of carbonyl (C=O) groups is 1. The fraction of sp³-hybridized carbons (Fsp3) is 0.700. The lowest BCUT2D eigenvalue weighted by Crippen LogP contribution is -2.07. The molecule has 6 nitrogen and oxygen atoms in total. The van der Waals surface area contributed by atoms with Crippen molar-refractivity contribution in [2.24, 2.45) is 0 Å². The van der Waals surface area contributed by atoms with E-state index in [1.165, 1.54) is 0 Å². The molecule has 1 aromatic heterocycles. The molecule has 0 aliphatic rings. The Labute approximate surface area is 102 Å². The molecule has 0 spiro atoms. The standard InChI is InChI=1S/C10H14F2N2O4/c11-7(12)6-17-5-4-9-14-13-8(18-9)2-1-3-10(15)16/h7H,1-6H2,(H,15,16). The van der Waals surface area contributed by atoms with E-state index in [1.54, 1.807) is 0 Å². The van der Waals surface area contributed by atoms with E-state index in [0.29, 0.717) is 24.6 Å². The molecule has 1 N–H and O–H groups in total. The van der Waals surface area contributed by atoms with Crippen molar-refractivity contribution >= 4 is 5.97 Å². The van der Waals surface area contributed by atoms with Crippen molar-refractivity contribution in [2.45, 2.75) is 32.1 Å². The molecule has 0 saturated heterocycles. The van der Waals surface area contributed by atoms with Gasteiger partial charge in [-0.3, -0.25) is 4.79 Å². The van der Waals surface area contributed by atoms with Crippen LogP contribution in [0.4, 0.5) is 8.78 Å². The van der Waals surface area contributed by atoms with Crippen molar-refractivity contribution < 1.29 is 27.8 Å². The molecular weight excluding hydrogens is 250 g/mol. The first kappa shape index (κ1) is 14.5. The van der Waals surface area contributed by atoms with E-state index in [0.717, 1.165) is 0 Å². The number of carboxylic acids is 1. The molecule has 0 atom stereocenters. The Kier molecular flexibility index (Phi) is 6.20. The predicted molar refractivity (Wildman–Crippen MR) is 55.4 cm³/mol. The lowest BCUT2D eigenvalue weighted by atomic mass is 10.2. The molecule has 8 heteroatoms. The second-order valence-corrected chi connectivity index (χ2v) is 3.55. The van der Waals surface area contributed by atoms with Gasteiger partial charge in [-0.25, -0.2) is 8.78 Å². The first-order chi connectivity index (χ1) is 8.58. The summed E-state index contributed by atoms with van der Waals surface area (Å²) in [6.07, 6.45) is -1.39. The quantitative estimate of drug-likeness (QED) is 0.677. The Balaban J connectivity index is 2.19. The van der Waals surface area contributed by atoms with Gasteiger partial charge in [0.1, 0.15) is 6.61 Å². The number of hydrogen-bond donors (Lipinski definition) is 1. The van der Waals surface area contributed by atoms with Crippen LogP contribution in [-0.4, -0.2) is 40.9 Å². The third kappa shape index (κ3) is 6.24. The van der Waals surface area contributed by atoms with E-state index < -0.39 is 19.0 Å². The Morgan fingerprint density at radius 2 is 2.00 bits per heavy atom. The van der Waals surface area contributed by atoms with Crippen LogP contribution >= 0.6 is 0 Å². The van der Waals surface area contributed by atoms with Crippen LogP contribution < -0.4 is 0 Å². The molecule has 0 saturated carbocycles. The number of alkyl halides is 2. The zero-order valence-corrected chi connectivity index (χ0v) is 9.64. The van der Waals surface area contributed by atoms with Gasteiger partial charge in [0.05, 0.1) is 6.61 Å². The van der Waals surface area contributed by atoms with E-state index in [1.807, 2.05) is 0 Å². The van der Waals surface area contributed by atoms with Crippen molar-refractivity contribution in [1.82, 2.24) is 10.2 Å². The van der Waals surface area contributed by atoms with Crippen molar-refractivity contribution in [2.75, 3.05) is 13.2 Å². The molecule has 18 heavy (non-hydrogen) atoms. The van der Waals surface area contributed by atoms with Crippen molar-refractivity contribution in [3.05, 3.63) is 11.8 Å². The monoisotopic (exact) mass is 264 g/mol. The summed E-state index contributed by atoms with van der Waals surface area (Å²) in [6.45, 7) is -0.527. The van der Waals surface area contributed by atoms with Gasteiger partial charge < -0.3 is 14.3 Å². The third-order valence-corrected chi connectivity index (χ3v) is 1.99. The zero-order chi connectivity index (χ0) is 13.4. The highest BCUT2D eigenvalue weighted by molar-refractivity contribution is 5.66. The Morgan fingerprint density at radius 1 is 1.33 bits per heavy atom. The maximum absolute atomic E-state index is 11.7. The Bertz CT molecular complexity index is 371. The fourth-order valence-electron chi connectivity index (χ4n) is 1.21. The highest BCUT2D eigenvalue weighted by Crippen LogP contribution is 2.05. The minimum Gasteiger partial charge on any atom is -0.481 e. The summed E-state index contributed by atoms with van der Waals surface area (Å²) in [6, 6.07) is 0. The highest BCUT2D eigenvalue weighted by Gasteiger charge is 2.08. The first-order valence-electron chi connectivity index (χ1n) is 5.47. The molecular formula is C10H14F2N2O4. The van der Waals surface area contributed by atoms with Crippen LogP contribution in [-0.2, 0) is 22.4 Å². The van der Waals surface area contributed by atoms with E-state index in [4.69, 9.17) is 9.52 Å². The van der Waals surface area contributed by atoms with Gasteiger partial charge in [-0.2, -0.15) is 0 Å². The third-order valence-electron chi connectivity index (χ3n) is 1.99. The van der Waals surface area contributed by atoms with Gasteiger partial charge in [0, 0.05) is 19.3 Å². The smallest absolute Gasteiger partial charge is 0.303 e. The summed E-state index contributed by atoms with van der Waals surface area (Å²) in [5.41, 5.74) is 0. The number of nitrogens with zero attached hydrogens (tertiary/aromatic N) is 2. The predicted octanol–water partition coefficient (Wildman–Crippen LogP) is 1.30.